The lowest BCUT2D eigenvalue weighted by Crippen LogP contribution is -2.29. The Morgan fingerprint density at radius 2 is 1.75 bits per heavy atom. The molecule has 0 aliphatic rings. The van der Waals surface area contributed by atoms with Crippen LogP contribution >= 0.6 is 0 Å². The summed E-state index contributed by atoms with van der Waals surface area (Å²) >= 11 is 0. The van der Waals surface area contributed by atoms with Gasteiger partial charge in [0, 0.05) is 13.2 Å². The van der Waals surface area contributed by atoms with Gasteiger partial charge in [0.2, 0.25) is 0 Å². The zero-order valence-electron chi connectivity index (χ0n) is 11.9. The van der Waals surface area contributed by atoms with E-state index in [9.17, 15) is 4.79 Å². The Labute approximate surface area is 119 Å². The molecule has 5 heteroatoms. The van der Waals surface area contributed by atoms with Gasteiger partial charge in [0.1, 0.15) is 11.5 Å². The van der Waals surface area contributed by atoms with Crippen molar-refractivity contribution >= 4 is 5.91 Å². The van der Waals surface area contributed by atoms with Crippen LogP contribution in [0.25, 0.3) is 0 Å². The van der Waals surface area contributed by atoms with Gasteiger partial charge in [0.25, 0.3) is 5.91 Å². The van der Waals surface area contributed by atoms with E-state index in [1.807, 2.05) is 0 Å². The molecule has 2 N–H and O–H groups in total. The number of rotatable bonds is 10. The smallest absolute Gasteiger partial charge is 0.257 e. The summed E-state index contributed by atoms with van der Waals surface area (Å²) < 4.78 is 10.4. The SMILES string of the molecule is COc1ccc(OCC(=O)NCCCCCCO)cc1. The number of carbonyl (C=O) groups is 1. The summed E-state index contributed by atoms with van der Waals surface area (Å²) in [6.45, 7) is 0.904. The monoisotopic (exact) mass is 281 g/mol. The van der Waals surface area contributed by atoms with E-state index < -0.39 is 0 Å². The van der Waals surface area contributed by atoms with Crippen molar-refractivity contribution in [2.75, 3.05) is 26.9 Å². The number of unbranched alkanes of at least 4 members (excludes halogenated alkanes) is 3. The third kappa shape index (κ3) is 6.99. The maximum absolute atomic E-state index is 11.5. The predicted octanol–water partition coefficient (Wildman–Crippen LogP) is 1.74. The molecule has 20 heavy (non-hydrogen) atoms. The fourth-order valence-electron chi connectivity index (χ4n) is 1.69. The molecule has 0 aliphatic heterocycles. The first-order valence-corrected chi connectivity index (χ1v) is 6.90. The molecule has 0 atom stereocenters. The van der Waals surface area contributed by atoms with Crippen molar-refractivity contribution in [3.63, 3.8) is 0 Å². The molecule has 0 heterocycles. The molecule has 0 aromatic heterocycles. The van der Waals surface area contributed by atoms with Crippen LogP contribution in [0.4, 0.5) is 0 Å². The van der Waals surface area contributed by atoms with Crippen LogP contribution in [0.5, 0.6) is 11.5 Å². The molecule has 5 nitrogen and oxygen atoms in total. The topological polar surface area (TPSA) is 67.8 Å². The van der Waals surface area contributed by atoms with Crippen LogP contribution in [-0.4, -0.2) is 37.9 Å². The Morgan fingerprint density at radius 3 is 2.40 bits per heavy atom. The van der Waals surface area contributed by atoms with Crippen LogP contribution < -0.4 is 14.8 Å². The van der Waals surface area contributed by atoms with Gasteiger partial charge in [0.15, 0.2) is 6.61 Å². The Bertz CT molecular complexity index is 378. The van der Waals surface area contributed by atoms with Gasteiger partial charge in [-0.3, -0.25) is 4.79 Å². The molecule has 0 saturated carbocycles. The number of amides is 1. The van der Waals surface area contributed by atoms with Crippen LogP contribution in [0.2, 0.25) is 0 Å². The molecule has 1 amide bonds. The lowest BCUT2D eigenvalue weighted by molar-refractivity contribution is -0.123. The van der Waals surface area contributed by atoms with Crippen molar-refractivity contribution in [2.45, 2.75) is 25.7 Å². The molecule has 0 radical (unpaired) electrons. The molecule has 0 unspecified atom stereocenters. The van der Waals surface area contributed by atoms with Crippen LogP contribution in [0.15, 0.2) is 24.3 Å². The zero-order valence-corrected chi connectivity index (χ0v) is 11.9. The van der Waals surface area contributed by atoms with E-state index >= 15 is 0 Å². The molecule has 0 bridgehead atoms. The maximum Gasteiger partial charge on any atom is 0.257 e. The van der Waals surface area contributed by atoms with Crippen molar-refractivity contribution in [1.82, 2.24) is 5.32 Å². The third-order valence-electron chi connectivity index (χ3n) is 2.84. The first-order valence-electron chi connectivity index (χ1n) is 6.90. The van der Waals surface area contributed by atoms with Crippen LogP contribution in [0, 0.1) is 0 Å². The van der Waals surface area contributed by atoms with E-state index in [1.54, 1.807) is 31.4 Å². The van der Waals surface area contributed by atoms with E-state index in [-0.39, 0.29) is 19.1 Å². The normalized spacial score (nSPS) is 10.1. The summed E-state index contributed by atoms with van der Waals surface area (Å²) in [6.07, 6.45) is 3.76. The number of hydrogen-bond acceptors (Lipinski definition) is 4. The van der Waals surface area contributed by atoms with E-state index in [2.05, 4.69) is 5.32 Å². The molecule has 1 rings (SSSR count). The van der Waals surface area contributed by atoms with Gasteiger partial charge in [-0.15, -0.1) is 0 Å². The number of aliphatic hydroxyl groups is 1. The summed E-state index contributed by atoms with van der Waals surface area (Å²) in [7, 11) is 1.60. The number of aliphatic hydroxyl groups excluding tert-OH is 1. The Balaban J connectivity index is 2.10. The summed E-state index contributed by atoms with van der Waals surface area (Å²) in [4.78, 5) is 11.5. The van der Waals surface area contributed by atoms with Crippen molar-refractivity contribution in [1.29, 1.82) is 0 Å². The first-order chi connectivity index (χ1) is 9.76. The van der Waals surface area contributed by atoms with Gasteiger partial charge in [-0.25, -0.2) is 0 Å². The number of ether oxygens (including phenoxy) is 2. The molecule has 0 fully saturated rings. The Kier molecular flexibility index (Phi) is 8.22. The Morgan fingerprint density at radius 1 is 1.10 bits per heavy atom. The lowest BCUT2D eigenvalue weighted by atomic mass is 10.2. The second kappa shape index (κ2) is 10.1. The highest BCUT2D eigenvalue weighted by atomic mass is 16.5. The van der Waals surface area contributed by atoms with E-state index in [1.165, 1.54) is 0 Å². The van der Waals surface area contributed by atoms with E-state index in [0.717, 1.165) is 31.4 Å². The second-order valence-corrected chi connectivity index (χ2v) is 4.45. The summed E-state index contributed by atoms with van der Waals surface area (Å²) in [5.41, 5.74) is 0. The van der Waals surface area contributed by atoms with E-state index in [4.69, 9.17) is 14.6 Å². The van der Waals surface area contributed by atoms with Gasteiger partial charge >= 0.3 is 0 Å². The largest absolute Gasteiger partial charge is 0.497 e. The van der Waals surface area contributed by atoms with Gasteiger partial charge < -0.3 is 19.9 Å². The third-order valence-corrected chi connectivity index (χ3v) is 2.84. The molecule has 1 aromatic rings. The van der Waals surface area contributed by atoms with Gasteiger partial charge in [-0.05, 0) is 37.1 Å². The molecule has 0 aliphatic carbocycles. The highest BCUT2D eigenvalue weighted by molar-refractivity contribution is 5.77. The number of nitrogens with one attached hydrogen (secondary N) is 1. The fourth-order valence-corrected chi connectivity index (χ4v) is 1.69. The maximum atomic E-state index is 11.5. The quantitative estimate of drug-likeness (QED) is 0.641. The zero-order chi connectivity index (χ0) is 14.6. The van der Waals surface area contributed by atoms with Crippen molar-refractivity contribution in [3.8, 4) is 11.5 Å². The minimum absolute atomic E-state index is 0.0168. The molecule has 0 saturated heterocycles. The van der Waals surface area contributed by atoms with Gasteiger partial charge in [-0.2, -0.15) is 0 Å². The van der Waals surface area contributed by atoms with Gasteiger partial charge in [0.05, 0.1) is 7.11 Å². The van der Waals surface area contributed by atoms with Crippen LogP contribution in [0.3, 0.4) is 0 Å². The number of methoxy groups -OCH3 is 1. The van der Waals surface area contributed by atoms with Crippen LogP contribution in [0.1, 0.15) is 25.7 Å². The van der Waals surface area contributed by atoms with Crippen LogP contribution in [-0.2, 0) is 4.79 Å². The van der Waals surface area contributed by atoms with Crippen molar-refractivity contribution in [3.05, 3.63) is 24.3 Å². The molecule has 0 spiro atoms. The minimum Gasteiger partial charge on any atom is -0.497 e. The fraction of sp³-hybridized carbons (Fsp3) is 0.533. The molecular formula is C15H23NO4. The number of carbonyl (C=O) groups excluding carboxylic acids is 1. The van der Waals surface area contributed by atoms with Crippen molar-refractivity contribution in [2.24, 2.45) is 0 Å². The molecule has 112 valence electrons. The summed E-state index contributed by atoms with van der Waals surface area (Å²) in [6, 6.07) is 7.10. The Hall–Kier alpha value is -1.75. The van der Waals surface area contributed by atoms with Gasteiger partial charge in [-0.1, -0.05) is 12.8 Å². The standard InChI is InChI=1S/C15H23NO4/c1-19-13-6-8-14(9-7-13)20-12-15(18)16-10-4-2-3-5-11-17/h6-9,17H,2-5,10-12H2,1H3,(H,16,18). The van der Waals surface area contributed by atoms with Crippen molar-refractivity contribution < 1.29 is 19.4 Å². The highest BCUT2D eigenvalue weighted by Gasteiger charge is 2.02. The highest BCUT2D eigenvalue weighted by Crippen LogP contribution is 2.16. The number of hydrogen-bond donors (Lipinski definition) is 2. The average Bonchev–Trinajstić information content (AvgIpc) is 2.49. The second-order valence-electron chi connectivity index (χ2n) is 4.45. The minimum atomic E-state index is -0.122. The average molecular weight is 281 g/mol. The first kappa shape index (κ1) is 16.3. The summed E-state index contributed by atoms with van der Waals surface area (Å²) in [5.74, 6) is 1.27. The van der Waals surface area contributed by atoms with E-state index in [0.29, 0.717) is 12.3 Å². The predicted molar refractivity (Wildman–Crippen MR) is 77.1 cm³/mol. The molecule has 1 aromatic carbocycles. The number of benzene rings is 1. The summed E-state index contributed by atoms with van der Waals surface area (Å²) in [5, 5.41) is 11.4. The lowest BCUT2D eigenvalue weighted by Gasteiger charge is -2.08. The molecular weight excluding hydrogens is 258 g/mol.